The fourth-order valence-electron chi connectivity index (χ4n) is 10.7. The van der Waals surface area contributed by atoms with Crippen molar-refractivity contribution in [2.24, 2.45) is 0 Å². The summed E-state index contributed by atoms with van der Waals surface area (Å²) < 4.78 is 12.7. The Morgan fingerprint density at radius 1 is 0.567 bits per heavy atom. The van der Waals surface area contributed by atoms with Gasteiger partial charge < -0.3 is 0 Å². The van der Waals surface area contributed by atoms with Crippen molar-refractivity contribution in [1.82, 2.24) is 0 Å². The SMILES string of the molecule is CCCCCCc1csc(C2=C/C=C\C3=C(c4cc(CCCC[CH](C)[Sn]([CH2]CCC)([CH2]CCC)[CH2]CCC)[c]([Sn]([CH2]CCC)([CH2]CCC)[CH2]CCC)s4)\C=C\C=C\2CC3)c1. The van der Waals surface area contributed by atoms with E-state index in [1.165, 1.54) is 162 Å². The van der Waals surface area contributed by atoms with Gasteiger partial charge in [-0.3, -0.25) is 0 Å². The standard InChI is InChI=1S/C32H38S2.6C4H9.2Sn/c1-3-5-7-9-13-25-21-31(33-23-25)29-17-11-16-28-20-19-27(29)15-12-18-30(28)32-22-26(24-34-32)14-10-8-6-4-2;6*1-3-4-2;;/h3,11-12,15-18,21-22,24H,4-10,13-14,19-20H2,1-2H3;6*1,3-4H2,2H3;;/b15-12-,16-11?,17-11+,18-12?,27-15?,28-16+,29-17?,29-27+,30-18+,30-28?;;;;;;;;. The second-order valence-electron chi connectivity index (χ2n) is 19.4. The average Bonchev–Trinajstić information content (AvgIpc) is 3.90. The van der Waals surface area contributed by atoms with Crippen molar-refractivity contribution in [3.05, 3.63) is 86.0 Å². The number of rotatable bonds is 32. The molecule has 4 rings (SSSR count). The van der Waals surface area contributed by atoms with E-state index in [1.807, 2.05) is 19.8 Å². The summed E-state index contributed by atoms with van der Waals surface area (Å²) in [5.74, 6) is 0. The van der Waals surface area contributed by atoms with Crippen LogP contribution in [-0.2, 0) is 12.8 Å². The first-order valence-electron chi connectivity index (χ1n) is 26.0. The zero-order valence-corrected chi connectivity index (χ0v) is 47.9. The molecule has 2 aromatic rings. The number of allylic oxidation sites excluding steroid dienone is 10. The summed E-state index contributed by atoms with van der Waals surface area (Å²) in [6.45, 7) is 19.7. The van der Waals surface area contributed by atoms with Gasteiger partial charge in [-0.25, -0.2) is 0 Å². The van der Waals surface area contributed by atoms with Crippen molar-refractivity contribution in [2.45, 2.75) is 234 Å². The number of hydrogen-bond donors (Lipinski definition) is 0. The van der Waals surface area contributed by atoms with Crippen molar-refractivity contribution in [1.29, 1.82) is 0 Å². The quantitative estimate of drug-likeness (QED) is 0.0506. The molecule has 0 radical (unpaired) electrons. The second-order valence-corrected chi connectivity index (χ2v) is 50.3. The molecule has 0 saturated carbocycles. The first kappa shape index (κ1) is 52.3. The van der Waals surface area contributed by atoms with Crippen molar-refractivity contribution >= 4 is 73.5 Å². The third-order valence-electron chi connectivity index (χ3n) is 14.8. The summed E-state index contributed by atoms with van der Waals surface area (Å²) in [5.41, 5.74) is 9.38. The Labute approximate surface area is 389 Å². The van der Waals surface area contributed by atoms with Gasteiger partial charge >= 0.3 is 354 Å². The van der Waals surface area contributed by atoms with Gasteiger partial charge in [0.15, 0.2) is 0 Å². The van der Waals surface area contributed by atoms with Gasteiger partial charge in [-0.2, -0.15) is 0 Å². The fraction of sp³-hybridized carbons (Fsp3) is 0.679. The van der Waals surface area contributed by atoms with Crippen molar-refractivity contribution in [2.75, 3.05) is 0 Å². The van der Waals surface area contributed by atoms with Crippen LogP contribution in [0, 0.1) is 0 Å². The normalized spacial score (nSPS) is 19.3. The Morgan fingerprint density at radius 2 is 1.15 bits per heavy atom. The summed E-state index contributed by atoms with van der Waals surface area (Å²) in [5, 5.41) is 2.43. The molecule has 0 nitrogen and oxygen atoms in total. The van der Waals surface area contributed by atoms with Gasteiger partial charge in [0, 0.05) is 0 Å². The molecule has 60 heavy (non-hydrogen) atoms. The van der Waals surface area contributed by atoms with E-state index in [9.17, 15) is 0 Å². The van der Waals surface area contributed by atoms with Gasteiger partial charge in [0.1, 0.15) is 0 Å². The molecule has 2 aromatic heterocycles. The minimum atomic E-state index is -2.67. The van der Waals surface area contributed by atoms with Gasteiger partial charge in [-0.1, -0.05) is 26.2 Å². The number of unbranched alkanes of at least 4 members (excludes halogenated alkanes) is 10. The van der Waals surface area contributed by atoms with Crippen molar-refractivity contribution in [3.8, 4) is 0 Å². The number of fused-ring (bicyclic) bond motifs is 3. The maximum absolute atomic E-state index is 2.78. The van der Waals surface area contributed by atoms with E-state index in [4.69, 9.17) is 0 Å². The molecule has 4 heteroatoms. The molecule has 2 aliphatic rings. The Bertz CT molecular complexity index is 1620. The Morgan fingerprint density at radius 3 is 1.77 bits per heavy atom. The summed E-state index contributed by atoms with van der Waals surface area (Å²) >= 11 is -0.595. The topological polar surface area (TPSA) is 0 Å². The second kappa shape index (κ2) is 29.3. The maximum atomic E-state index is 2.78. The van der Waals surface area contributed by atoms with Gasteiger partial charge in [-0.05, 0) is 12.8 Å². The molecule has 2 aliphatic carbocycles. The van der Waals surface area contributed by atoms with Crippen LogP contribution in [0.1, 0.15) is 211 Å². The minimum absolute atomic E-state index is 1.04. The van der Waals surface area contributed by atoms with Crippen LogP contribution in [0.4, 0.5) is 0 Å². The summed E-state index contributed by atoms with van der Waals surface area (Å²) in [4.78, 5) is 3.04. The van der Waals surface area contributed by atoms with Crippen LogP contribution < -0.4 is 2.89 Å². The Kier molecular flexibility index (Phi) is 25.5. The first-order chi connectivity index (χ1) is 29.3. The Balaban J connectivity index is 1.68. The van der Waals surface area contributed by atoms with E-state index in [1.54, 1.807) is 37.1 Å². The van der Waals surface area contributed by atoms with Gasteiger partial charge in [0.2, 0.25) is 0 Å². The predicted octanol–water partition coefficient (Wildman–Crippen LogP) is 19.6. The zero-order valence-electron chi connectivity index (χ0n) is 40.6. The molecule has 0 amide bonds. The van der Waals surface area contributed by atoms with Gasteiger partial charge in [0.05, 0.1) is 0 Å². The molecule has 1 atom stereocenters. The Hall–Kier alpha value is -0.303. The third-order valence-corrected chi connectivity index (χ3v) is 53.8. The van der Waals surface area contributed by atoms with Crippen molar-refractivity contribution in [3.63, 3.8) is 0 Å². The number of hydrogen-bond acceptors (Lipinski definition) is 2. The third kappa shape index (κ3) is 15.7. The first-order valence-corrected chi connectivity index (χ1v) is 42.9. The molecule has 0 aliphatic heterocycles. The molecule has 0 N–H and O–H groups in total. The van der Waals surface area contributed by atoms with Crippen molar-refractivity contribution < 1.29 is 0 Å². The fourth-order valence-corrected chi connectivity index (χ4v) is 51.0. The molecular formula is C56H92S2Sn2. The molecule has 2 heterocycles. The average molecular weight is 1070 g/mol. The van der Waals surface area contributed by atoms with Crippen LogP contribution in [0.25, 0.3) is 11.1 Å². The molecule has 1 unspecified atom stereocenters. The summed E-state index contributed by atoms with van der Waals surface area (Å²) in [6, 6.07) is 5.28. The molecule has 2 bridgehead atoms. The summed E-state index contributed by atoms with van der Waals surface area (Å²) in [7, 11) is 0. The van der Waals surface area contributed by atoms with Crippen LogP contribution in [-0.4, -0.2) is 36.8 Å². The number of thiophene rings is 2. The molecule has 0 spiro atoms. The molecular weight excluding hydrogens is 974 g/mol. The monoisotopic (exact) mass is 1070 g/mol. The van der Waals surface area contributed by atoms with Crippen LogP contribution in [0.15, 0.2) is 65.1 Å². The van der Waals surface area contributed by atoms with Gasteiger partial charge in [-0.15, -0.1) is 0 Å². The van der Waals surface area contributed by atoms with E-state index in [0.29, 0.717) is 0 Å². The summed E-state index contributed by atoms with van der Waals surface area (Å²) in [6.07, 6.45) is 46.3. The molecule has 336 valence electrons. The molecule has 0 saturated heterocycles. The van der Waals surface area contributed by atoms with E-state index in [0.717, 1.165) is 16.8 Å². The van der Waals surface area contributed by atoms with Crippen LogP contribution in [0.2, 0.25) is 30.6 Å². The predicted molar refractivity (Wildman–Crippen MR) is 283 cm³/mol. The van der Waals surface area contributed by atoms with E-state index in [-0.39, 0.29) is 0 Å². The van der Waals surface area contributed by atoms with Crippen LogP contribution >= 0.6 is 22.7 Å². The molecule has 0 fully saturated rings. The van der Waals surface area contributed by atoms with E-state index in [2.05, 4.69) is 121 Å². The van der Waals surface area contributed by atoms with Crippen LogP contribution in [0.3, 0.4) is 0 Å². The van der Waals surface area contributed by atoms with E-state index >= 15 is 0 Å². The molecule has 0 aromatic carbocycles. The van der Waals surface area contributed by atoms with Gasteiger partial charge in [0.25, 0.3) is 0 Å². The van der Waals surface area contributed by atoms with E-state index < -0.39 is 36.8 Å². The zero-order chi connectivity index (χ0) is 43.1. The van der Waals surface area contributed by atoms with Crippen LogP contribution in [0.5, 0.6) is 0 Å². The number of aryl methyl sites for hydroxylation is 2.